The lowest BCUT2D eigenvalue weighted by molar-refractivity contribution is 0.203. The van der Waals surface area contributed by atoms with Crippen LogP contribution < -0.4 is 5.32 Å². The molecule has 18 heavy (non-hydrogen) atoms. The third-order valence-electron chi connectivity index (χ3n) is 4.29. The van der Waals surface area contributed by atoms with E-state index >= 15 is 0 Å². The molecule has 0 aliphatic heterocycles. The first-order valence-electron chi connectivity index (χ1n) is 7.54. The molecule has 1 aliphatic carbocycles. The molecule has 0 saturated heterocycles. The molecule has 2 heteroatoms. The average molecular weight is 265 g/mol. The van der Waals surface area contributed by atoms with Gasteiger partial charge in [-0.1, -0.05) is 13.8 Å². The zero-order valence-corrected chi connectivity index (χ0v) is 12.6. The van der Waals surface area contributed by atoms with Crippen LogP contribution >= 0.6 is 11.3 Å². The lowest BCUT2D eigenvalue weighted by Crippen LogP contribution is -2.40. The fourth-order valence-corrected chi connectivity index (χ4v) is 3.91. The van der Waals surface area contributed by atoms with E-state index in [1.165, 1.54) is 50.6 Å². The maximum Gasteiger partial charge on any atom is 0.00956 e. The van der Waals surface area contributed by atoms with Gasteiger partial charge < -0.3 is 5.32 Å². The van der Waals surface area contributed by atoms with Crippen molar-refractivity contribution < 1.29 is 0 Å². The van der Waals surface area contributed by atoms with Crippen LogP contribution in [0.4, 0.5) is 0 Å². The van der Waals surface area contributed by atoms with Crippen molar-refractivity contribution >= 4 is 11.3 Å². The Labute approximate surface area is 116 Å². The summed E-state index contributed by atoms with van der Waals surface area (Å²) in [6, 6.07) is 3.06. The van der Waals surface area contributed by atoms with Gasteiger partial charge in [-0.15, -0.1) is 0 Å². The summed E-state index contributed by atoms with van der Waals surface area (Å²) in [5.41, 5.74) is 1.53. The van der Waals surface area contributed by atoms with Gasteiger partial charge in [-0.2, -0.15) is 11.3 Å². The molecule has 1 saturated carbocycles. The first-order valence-corrected chi connectivity index (χ1v) is 8.48. The van der Waals surface area contributed by atoms with Crippen molar-refractivity contribution in [2.45, 2.75) is 58.4 Å². The van der Waals surface area contributed by atoms with Crippen LogP contribution in [0.2, 0.25) is 0 Å². The van der Waals surface area contributed by atoms with Crippen LogP contribution in [0.25, 0.3) is 0 Å². The normalized spacial score (nSPS) is 28.4. The third kappa shape index (κ3) is 4.10. The van der Waals surface area contributed by atoms with Crippen LogP contribution in [-0.4, -0.2) is 12.6 Å². The molecule has 1 fully saturated rings. The van der Waals surface area contributed by atoms with Gasteiger partial charge in [0, 0.05) is 6.04 Å². The van der Waals surface area contributed by atoms with Gasteiger partial charge in [0.05, 0.1) is 0 Å². The van der Waals surface area contributed by atoms with Crippen molar-refractivity contribution in [1.29, 1.82) is 0 Å². The van der Waals surface area contributed by atoms with E-state index in [0.717, 1.165) is 17.9 Å². The van der Waals surface area contributed by atoms with Crippen molar-refractivity contribution in [2.75, 3.05) is 6.54 Å². The largest absolute Gasteiger partial charge is 0.314 e. The Hall–Kier alpha value is -0.340. The Kier molecular flexibility index (Phi) is 5.71. The summed E-state index contributed by atoms with van der Waals surface area (Å²) in [4.78, 5) is 0. The van der Waals surface area contributed by atoms with Crippen LogP contribution in [0.1, 0.15) is 51.5 Å². The average Bonchev–Trinajstić information content (AvgIpc) is 2.88. The van der Waals surface area contributed by atoms with Gasteiger partial charge in [-0.3, -0.25) is 0 Å². The lowest BCUT2D eigenvalue weighted by Gasteiger charge is -2.35. The van der Waals surface area contributed by atoms with Gasteiger partial charge >= 0.3 is 0 Å². The molecule has 2 rings (SSSR count). The molecular weight excluding hydrogens is 238 g/mol. The SMILES string of the molecule is CCCNC1CCC(C)CC1CCc1ccsc1. The van der Waals surface area contributed by atoms with Gasteiger partial charge in [-0.05, 0) is 79.3 Å². The zero-order valence-electron chi connectivity index (χ0n) is 11.8. The summed E-state index contributed by atoms with van der Waals surface area (Å²) < 4.78 is 0. The van der Waals surface area contributed by atoms with Crippen molar-refractivity contribution in [3.63, 3.8) is 0 Å². The molecular formula is C16H27NS. The van der Waals surface area contributed by atoms with Gasteiger partial charge in [0.2, 0.25) is 0 Å². The zero-order chi connectivity index (χ0) is 12.8. The summed E-state index contributed by atoms with van der Waals surface area (Å²) >= 11 is 1.83. The maximum atomic E-state index is 3.77. The summed E-state index contributed by atoms with van der Waals surface area (Å²) in [7, 11) is 0. The monoisotopic (exact) mass is 265 g/mol. The Morgan fingerprint density at radius 3 is 3.00 bits per heavy atom. The number of aryl methyl sites for hydroxylation is 1. The number of hydrogen-bond donors (Lipinski definition) is 1. The number of rotatable bonds is 6. The molecule has 0 aromatic carbocycles. The fraction of sp³-hybridized carbons (Fsp3) is 0.750. The van der Waals surface area contributed by atoms with Crippen molar-refractivity contribution in [3.8, 4) is 0 Å². The highest BCUT2D eigenvalue weighted by Gasteiger charge is 2.27. The maximum absolute atomic E-state index is 3.77. The van der Waals surface area contributed by atoms with E-state index in [-0.39, 0.29) is 0 Å². The second-order valence-corrected chi connectivity index (χ2v) is 6.69. The molecule has 0 amide bonds. The molecule has 1 aromatic heterocycles. The highest BCUT2D eigenvalue weighted by Crippen LogP contribution is 2.32. The van der Waals surface area contributed by atoms with E-state index in [1.807, 2.05) is 11.3 Å². The van der Waals surface area contributed by atoms with Gasteiger partial charge in [0.15, 0.2) is 0 Å². The van der Waals surface area contributed by atoms with E-state index in [4.69, 9.17) is 0 Å². The molecule has 1 aliphatic rings. The molecule has 0 spiro atoms. The van der Waals surface area contributed by atoms with Gasteiger partial charge in [0.1, 0.15) is 0 Å². The van der Waals surface area contributed by atoms with E-state index in [1.54, 1.807) is 0 Å². The van der Waals surface area contributed by atoms with Crippen molar-refractivity contribution in [3.05, 3.63) is 22.4 Å². The van der Waals surface area contributed by atoms with Crippen LogP contribution in [0, 0.1) is 11.8 Å². The number of nitrogens with one attached hydrogen (secondary N) is 1. The molecule has 3 atom stereocenters. The predicted molar refractivity (Wildman–Crippen MR) is 81.2 cm³/mol. The molecule has 1 N–H and O–H groups in total. The second-order valence-electron chi connectivity index (χ2n) is 5.91. The third-order valence-corrected chi connectivity index (χ3v) is 5.02. The Morgan fingerprint density at radius 2 is 2.28 bits per heavy atom. The Balaban J connectivity index is 1.84. The topological polar surface area (TPSA) is 12.0 Å². The minimum atomic E-state index is 0.778. The fourth-order valence-electron chi connectivity index (χ4n) is 3.20. The molecule has 1 heterocycles. The summed E-state index contributed by atoms with van der Waals surface area (Å²) in [6.07, 6.45) is 8.11. The molecule has 0 bridgehead atoms. The lowest BCUT2D eigenvalue weighted by atomic mass is 9.76. The van der Waals surface area contributed by atoms with Crippen LogP contribution in [0.15, 0.2) is 16.8 Å². The molecule has 1 nitrogen and oxygen atoms in total. The van der Waals surface area contributed by atoms with Crippen LogP contribution in [0.3, 0.4) is 0 Å². The van der Waals surface area contributed by atoms with Gasteiger partial charge in [0.25, 0.3) is 0 Å². The predicted octanol–water partition coefficient (Wildman–Crippen LogP) is 4.49. The smallest absolute Gasteiger partial charge is 0.00956 e. The van der Waals surface area contributed by atoms with Gasteiger partial charge in [-0.25, -0.2) is 0 Å². The Morgan fingerprint density at radius 1 is 1.39 bits per heavy atom. The standard InChI is InChI=1S/C16H27NS/c1-3-9-17-16-7-4-13(2)11-15(16)6-5-14-8-10-18-12-14/h8,10,12-13,15-17H,3-7,9,11H2,1-2H3. The first-order chi connectivity index (χ1) is 8.79. The highest BCUT2D eigenvalue weighted by atomic mass is 32.1. The van der Waals surface area contributed by atoms with E-state index in [2.05, 4.69) is 36.0 Å². The summed E-state index contributed by atoms with van der Waals surface area (Å²) in [5.74, 6) is 1.82. The van der Waals surface area contributed by atoms with E-state index in [0.29, 0.717) is 0 Å². The second kappa shape index (κ2) is 7.30. The first kappa shape index (κ1) is 14.1. The summed E-state index contributed by atoms with van der Waals surface area (Å²) in [5, 5.41) is 8.28. The minimum Gasteiger partial charge on any atom is -0.314 e. The van der Waals surface area contributed by atoms with E-state index in [9.17, 15) is 0 Å². The van der Waals surface area contributed by atoms with E-state index < -0.39 is 0 Å². The van der Waals surface area contributed by atoms with Crippen LogP contribution in [-0.2, 0) is 6.42 Å². The number of thiophene rings is 1. The summed E-state index contributed by atoms with van der Waals surface area (Å²) in [6.45, 7) is 5.88. The highest BCUT2D eigenvalue weighted by molar-refractivity contribution is 7.07. The van der Waals surface area contributed by atoms with Crippen molar-refractivity contribution in [1.82, 2.24) is 5.32 Å². The Bertz CT molecular complexity index is 318. The number of hydrogen-bond acceptors (Lipinski definition) is 2. The van der Waals surface area contributed by atoms with Crippen molar-refractivity contribution in [2.24, 2.45) is 11.8 Å². The molecule has 102 valence electrons. The molecule has 1 aromatic rings. The molecule has 3 unspecified atom stereocenters. The van der Waals surface area contributed by atoms with Crippen LogP contribution in [0.5, 0.6) is 0 Å². The minimum absolute atomic E-state index is 0.778. The quantitative estimate of drug-likeness (QED) is 0.799. The molecule has 0 radical (unpaired) electrons.